The first kappa shape index (κ1) is 12.8. The Morgan fingerprint density at radius 2 is 2.06 bits per heavy atom. The summed E-state index contributed by atoms with van der Waals surface area (Å²) in [6.45, 7) is 0. The average Bonchev–Trinajstić information content (AvgIpc) is 2.64. The van der Waals surface area contributed by atoms with Gasteiger partial charge in [-0.05, 0) is 22.0 Å². The van der Waals surface area contributed by atoms with E-state index in [9.17, 15) is 13.2 Å². The van der Waals surface area contributed by atoms with Crippen LogP contribution in [-0.4, -0.2) is 19.7 Å². The van der Waals surface area contributed by atoms with Gasteiger partial charge in [-0.3, -0.25) is 4.68 Å². The summed E-state index contributed by atoms with van der Waals surface area (Å²) in [7, 11) is 1.40. The molecule has 0 atom stereocenters. The highest BCUT2D eigenvalue weighted by Crippen LogP contribution is 2.31. The van der Waals surface area contributed by atoms with Gasteiger partial charge in [-0.1, -0.05) is 0 Å². The first-order chi connectivity index (χ1) is 8.29. The molecule has 0 aliphatic rings. The number of aromatic nitrogens is 4. The number of alkyl halides is 3. The Labute approximate surface area is 108 Å². The van der Waals surface area contributed by atoms with Crippen LogP contribution in [0.4, 0.5) is 19.0 Å². The van der Waals surface area contributed by atoms with Gasteiger partial charge < -0.3 is 5.73 Å². The third kappa shape index (κ3) is 2.30. The predicted octanol–water partition coefficient (Wildman–Crippen LogP) is 2.24. The third-order valence-corrected chi connectivity index (χ3v) is 2.77. The molecule has 96 valence electrons. The molecule has 0 spiro atoms. The standard InChI is InChI=1S/C9H7BrF3N5/c1-18-5(2-6(17-18)9(11,12)13)4-3-15-8(14)7(10)16-4/h2-3H,1H3,(H2,14,15). The molecule has 18 heavy (non-hydrogen) atoms. The van der Waals surface area contributed by atoms with Crippen molar-refractivity contribution in [3.05, 3.63) is 22.6 Å². The van der Waals surface area contributed by atoms with E-state index in [-0.39, 0.29) is 21.8 Å². The highest BCUT2D eigenvalue weighted by molar-refractivity contribution is 9.10. The van der Waals surface area contributed by atoms with Crippen LogP contribution in [0.3, 0.4) is 0 Å². The van der Waals surface area contributed by atoms with Gasteiger partial charge in [0.05, 0.1) is 11.9 Å². The van der Waals surface area contributed by atoms with E-state index in [2.05, 4.69) is 31.0 Å². The van der Waals surface area contributed by atoms with Crippen LogP contribution >= 0.6 is 15.9 Å². The van der Waals surface area contributed by atoms with E-state index >= 15 is 0 Å². The lowest BCUT2D eigenvalue weighted by Crippen LogP contribution is -2.06. The summed E-state index contributed by atoms with van der Waals surface area (Å²) >= 11 is 3.06. The van der Waals surface area contributed by atoms with Gasteiger partial charge in [0.1, 0.15) is 10.3 Å². The Morgan fingerprint density at radius 3 is 2.56 bits per heavy atom. The van der Waals surface area contributed by atoms with E-state index in [1.807, 2.05) is 0 Å². The van der Waals surface area contributed by atoms with Gasteiger partial charge in [-0.2, -0.15) is 18.3 Å². The molecule has 2 aromatic rings. The first-order valence-corrected chi connectivity index (χ1v) is 5.48. The van der Waals surface area contributed by atoms with Gasteiger partial charge in [0.2, 0.25) is 0 Å². The monoisotopic (exact) mass is 321 g/mol. The smallest absolute Gasteiger partial charge is 0.381 e. The number of nitrogens with zero attached hydrogens (tertiary/aromatic N) is 4. The van der Waals surface area contributed by atoms with E-state index in [0.717, 1.165) is 10.7 Å². The summed E-state index contributed by atoms with van der Waals surface area (Å²) in [6, 6.07) is 0.909. The van der Waals surface area contributed by atoms with E-state index in [1.165, 1.54) is 13.2 Å². The van der Waals surface area contributed by atoms with Crippen molar-refractivity contribution in [1.29, 1.82) is 0 Å². The number of rotatable bonds is 1. The molecule has 2 rings (SSSR count). The van der Waals surface area contributed by atoms with E-state index < -0.39 is 11.9 Å². The zero-order chi connectivity index (χ0) is 13.5. The van der Waals surface area contributed by atoms with Crippen molar-refractivity contribution in [2.75, 3.05) is 5.73 Å². The van der Waals surface area contributed by atoms with Crippen molar-refractivity contribution in [2.45, 2.75) is 6.18 Å². The van der Waals surface area contributed by atoms with Crippen LogP contribution in [0.15, 0.2) is 16.9 Å². The molecule has 2 N–H and O–H groups in total. The molecular formula is C9H7BrF3N5. The number of halogens is 4. The van der Waals surface area contributed by atoms with Crippen molar-refractivity contribution >= 4 is 21.7 Å². The molecule has 9 heteroatoms. The zero-order valence-corrected chi connectivity index (χ0v) is 10.6. The second-order valence-electron chi connectivity index (χ2n) is 3.47. The molecule has 0 radical (unpaired) electrons. The van der Waals surface area contributed by atoms with E-state index in [1.54, 1.807) is 0 Å². The molecule has 0 aliphatic carbocycles. The highest BCUT2D eigenvalue weighted by atomic mass is 79.9. The summed E-state index contributed by atoms with van der Waals surface area (Å²) in [6.07, 6.45) is -3.20. The predicted molar refractivity (Wildman–Crippen MR) is 61.3 cm³/mol. The second kappa shape index (κ2) is 4.23. The zero-order valence-electron chi connectivity index (χ0n) is 9.03. The van der Waals surface area contributed by atoms with Crippen LogP contribution in [0.5, 0.6) is 0 Å². The molecule has 0 aliphatic heterocycles. The quantitative estimate of drug-likeness (QED) is 0.874. The maximum Gasteiger partial charge on any atom is 0.435 e. The molecule has 2 aromatic heterocycles. The van der Waals surface area contributed by atoms with Crippen molar-refractivity contribution < 1.29 is 13.2 Å². The minimum Gasteiger partial charge on any atom is -0.381 e. The van der Waals surface area contributed by atoms with E-state index in [0.29, 0.717) is 0 Å². The lowest BCUT2D eigenvalue weighted by atomic mass is 10.3. The minimum absolute atomic E-state index is 0.164. The number of aryl methyl sites for hydroxylation is 1. The Kier molecular flexibility index (Phi) is 3.01. The van der Waals surface area contributed by atoms with Gasteiger partial charge in [0.15, 0.2) is 11.5 Å². The Balaban J connectivity index is 2.51. The van der Waals surface area contributed by atoms with Crippen LogP contribution in [0.2, 0.25) is 0 Å². The van der Waals surface area contributed by atoms with Gasteiger partial charge in [0.25, 0.3) is 0 Å². The van der Waals surface area contributed by atoms with Gasteiger partial charge in [-0.15, -0.1) is 0 Å². The Hall–Kier alpha value is -1.64. The number of hydrogen-bond donors (Lipinski definition) is 1. The van der Waals surface area contributed by atoms with Crippen molar-refractivity contribution in [2.24, 2.45) is 7.05 Å². The third-order valence-electron chi connectivity index (χ3n) is 2.19. The fourth-order valence-corrected chi connectivity index (χ4v) is 1.64. The maximum absolute atomic E-state index is 12.5. The fourth-order valence-electron chi connectivity index (χ4n) is 1.34. The normalized spacial score (nSPS) is 11.8. The molecule has 0 aromatic carbocycles. The van der Waals surface area contributed by atoms with Crippen LogP contribution < -0.4 is 5.73 Å². The molecule has 2 heterocycles. The summed E-state index contributed by atoms with van der Waals surface area (Å²) in [5.41, 5.74) is 4.93. The van der Waals surface area contributed by atoms with Gasteiger partial charge >= 0.3 is 6.18 Å². The molecule has 0 saturated heterocycles. The first-order valence-electron chi connectivity index (χ1n) is 4.68. The molecule has 5 nitrogen and oxygen atoms in total. The number of nitrogens with two attached hydrogens (primary N) is 1. The summed E-state index contributed by atoms with van der Waals surface area (Å²) in [5, 5.41) is 3.39. The average molecular weight is 322 g/mol. The second-order valence-corrected chi connectivity index (χ2v) is 4.22. The number of nitrogen functional groups attached to an aromatic ring is 1. The van der Waals surface area contributed by atoms with Crippen molar-refractivity contribution in [3.63, 3.8) is 0 Å². The van der Waals surface area contributed by atoms with Crippen molar-refractivity contribution in [3.8, 4) is 11.4 Å². The fraction of sp³-hybridized carbons (Fsp3) is 0.222. The summed E-state index contributed by atoms with van der Waals surface area (Å²) in [5.74, 6) is 0.164. The van der Waals surface area contributed by atoms with E-state index in [4.69, 9.17) is 5.73 Å². The molecular weight excluding hydrogens is 315 g/mol. The van der Waals surface area contributed by atoms with Gasteiger partial charge in [-0.25, -0.2) is 9.97 Å². The van der Waals surface area contributed by atoms with Crippen LogP contribution in [0.25, 0.3) is 11.4 Å². The number of anilines is 1. The largest absolute Gasteiger partial charge is 0.435 e. The van der Waals surface area contributed by atoms with Crippen LogP contribution in [0, 0.1) is 0 Å². The number of hydrogen-bond acceptors (Lipinski definition) is 4. The lowest BCUT2D eigenvalue weighted by Gasteiger charge is -2.02. The molecule has 0 saturated carbocycles. The Bertz CT molecular complexity index is 592. The van der Waals surface area contributed by atoms with Crippen molar-refractivity contribution in [1.82, 2.24) is 19.7 Å². The minimum atomic E-state index is -4.49. The lowest BCUT2D eigenvalue weighted by molar-refractivity contribution is -0.141. The molecule has 0 fully saturated rings. The molecule has 0 bridgehead atoms. The Morgan fingerprint density at radius 1 is 1.39 bits per heavy atom. The summed E-state index contributed by atoms with van der Waals surface area (Å²) in [4.78, 5) is 7.81. The topological polar surface area (TPSA) is 69.6 Å². The highest BCUT2D eigenvalue weighted by Gasteiger charge is 2.34. The SMILES string of the molecule is Cn1nc(C(F)(F)F)cc1-c1cnc(N)c(Br)n1. The molecule has 0 amide bonds. The maximum atomic E-state index is 12.5. The summed E-state index contributed by atoms with van der Waals surface area (Å²) < 4.78 is 38.9. The van der Waals surface area contributed by atoms with Crippen LogP contribution in [-0.2, 0) is 13.2 Å². The van der Waals surface area contributed by atoms with Crippen LogP contribution in [0.1, 0.15) is 5.69 Å². The van der Waals surface area contributed by atoms with Gasteiger partial charge in [0, 0.05) is 7.05 Å². The molecule has 0 unspecified atom stereocenters.